The highest BCUT2D eigenvalue weighted by molar-refractivity contribution is 7.84. The fourth-order valence-electron chi connectivity index (χ4n) is 1.38. The molecular formula is C10H23NO2S. The van der Waals surface area contributed by atoms with E-state index in [1.807, 2.05) is 0 Å². The van der Waals surface area contributed by atoms with Crippen LogP contribution in [0.5, 0.6) is 0 Å². The Morgan fingerprint density at radius 2 is 1.93 bits per heavy atom. The van der Waals surface area contributed by atoms with E-state index in [0.29, 0.717) is 24.3 Å². The SMILES string of the molecule is COCC(NC(C)CS(C)=O)C(C)C. The van der Waals surface area contributed by atoms with Gasteiger partial charge in [0.1, 0.15) is 0 Å². The Kier molecular flexibility index (Phi) is 7.41. The molecule has 0 heterocycles. The molecule has 4 heteroatoms. The van der Waals surface area contributed by atoms with Gasteiger partial charge in [-0.25, -0.2) is 0 Å². The number of methoxy groups -OCH3 is 1. The van der Waals surface area contributed by atoms with E-state index in [0.717, 1.165) is 0 Å². The second kappa shape index (κ2) is 7.37. The predicted molar refractivity (Wildman–Crippen MR) is 62.0 cm³/mol. The minimum atomic E-state index is -0.733. The number of hydrogen-bond acceptors (Lipinski definition) is 3. The maximum atomic E-state index is 11.0. The summed E-state index contributed by atoms with van der Waals surface area (Å²) in [6.45, 7) is 7.09. The molecule has 0 saturated heterocycles. The molecule has 0 aromatic heterocycles. The van der Waals surface area contributed by atoms with E-state index < -0.39 is 10.8 Å². The first kappa shape index (κ1) is 14.1. The van der Waals surface area contributed by atoms with Gasteiger partial charge in [-0.3, -0.25) is 4.21 Å². The third kappa shape index (κ3) is 6.51. The molecule has 0 amide bonds. The van der Waals surface area contributed by atoms with Gasteiger partial charge in [0.15, 0.2) is 0 Å². The van der Waals surface area contributed by atoms with Crippen molar-refractivity contribution in [2.24, 2.45) is 5.92 Å². The lowest BCUT2D eigenvalue weighted by Crippen LogP contribution is -2.44. The summed E-state index contributed by atoms with van der Waals surface area (Å²) in [5, 5.41) is 3.43. The Labute approximate surface area is 90.1 Å². The van der Waals surface area contributed by atoms with Crippen molar-refractivity contribution in [1.29, 1.82) is 0 Å². The first-order valence-corrected chi connectivity index (χ1v) is 6.75. The van der Waals surface area contributed by atoms with Crippen LogP contribution in [-0.4, -0.2) is 42.0 Å². The van der Waals surface area contributed by atoms with Crippen molar-refractivity contribution in [2.45, 2.75) is 32.9 Å². The molecule has 0 fully saturated rings. The first-order chi connectivity index (χ1) is 6.47. The Balaban J connectivity index is 3.95. The molecule has 0 aliphatic heterocycles. The van der Waals surface area contributed by atoms with Crippen LogP contribution in [0.3, 0.4) is 0 Å². The number of hydrogen-bond donors (Lipinski definition) is 1. The number of nitrogens with one attached hydrogen (secondary N) is 1. The van der Waals surface area contributed by atoms with Gasteiger partial charge in [-0.1, -0.05) is 13.8 Å². The molecule has 14 heavy (non-hydrogen) atoms. The average molecular weight is 221 g/mol. The Morgan fingerprint density at radius 1 is 1.36 bits per heavy atom. The van der Waals surface area contributed by atoms with E-state index in [-0.39, 0.29) is 6.04 Å². The summed E-state index contributed by atoms with van der Waals surface area (Å²) in [4.78, 5) is 0. The molecule has 0 rings (SSSR count). The largest absolute Gasteiger partial charge is 0.383 e. The molecule has 0 radical (unpaired) electrons. The van der Waals surface area contributed by atoms with Crippen LogP contribution in [0, 0.1) is 5.92 Å². The van der Waals surface area contributed by atoms with Crippen molar-refractivity contribution in [1.82, 2.24) is 5.32 Å². The third-order valence-corrected chi connectivity index (χ3v) is 3.10. The maximum Gasteiger partial charge on any atom is 0.0618 e. The highest BCUT2D eigenvalue weighted by Gasteiger charge is 2.15. The van der Waals surface area contributed by atoms with Gasteiger partial charge in [0, 0.05) is 42.0 Å². The first-order valence-electron chi connectivity index (χ1n) is 5.02. The second-order valence-electron chi connectivity index (χ2n) is 4.11. The van der Waals surface area contributed by atoms with Crippen molar-refractivity contribution >= 4 is 10.8 Å². The molecule has 3 nitrogen and oxygen atoms in total. The van der Waals surface area contributed by atoms with Crippen LogP contribution in [-0.2, 0) is 15.5 Å². The molecule has 3 atom stereocenters. The quantitative estimate of drug-likeness (QED) is 0.697. The van der Waals surface area contributed by atoms with E-state index in [4.69, 9.17) is 4.74 Å². The van der Waals surface area contributed by atoms with Gasteiger partial charge in [0.25, 0.3) is 0 Å². The fraction of sp³-hybridized carbons (Fsp3) is 1.00. The van der Waals surface area contributed by atoms with E-state index in [1.165, 1.54) is 0 Å². The van der Waals surface area contributed by atoms with Gasteiger partial charge in [-0.15, -0.1) is 0 Å². The average Bonchev–Trinajstić information content (AvgIpc) is 2.01. The van der Waals surface area contributed by atoms with E-state index in [2.05, 4.69) is 26.1 Å². The minimum absolute atomic E-state index is 0.281. The van der Waals surface area contributed by atoms with Crippen molar-refractivity contribution in [2.75, 3.05) is 25.7 Å². The van der Waals surface area contributed by atoms with Gasteiger partial charge in [0.05, 0.1) is 6.61 Å². The maximum absolute atomic E-state index is 11.0. The summed E-state index contributed by atoms with van der Waals surface area (Å²) in [5.41, 5.74) is 0. The lowest BCUT2D eigenvalue weighted by molar-refractivity contribution is 0.143. The summed E-state index contributed by atoms with van der Waals surface area (Å²) < 4.78 is 16.1. The standard InChI is InChI=1S/C10H23NO2S/c1-8(2)10(6-13-4)11-9(3)7-14(5)12/h8-11H,6-7H2,1-5H3. The van der Waals surface area contributed by atoms with E-state index in [9.17, 15) is 4.21 Å². The zero-order valence-corrected chi connectivity index (χ0v) is 10.7. The molecule has 0 spiro atoms. The predicted octanol–water partition coefficient (Wildman–Crippen LogP) is 1.01. The molecule has 0 bridgehead atoms. The topological polar surface area (TPSA) is 38.3 Å². The monoisotopic (exact) mass is 221 g/mol. The summed E-state index contributed by atoms with van der Waals surface area (Å²) in [5.74, 6) is 1.23. The van der Waals surface area contributed by atoms with Crippen molar-refractivity contribution in [3.63, 3.8) is 0 Å². The molecule has 3 unspecified atom stereocenters. The highest BCUT2D eigenvalue weighted by Crippen LogP contribution is 2.03. The van der Waals surface area contributed by atoms with Crippen molar-refractivity contribution in [3.05, 3.63) is 0 Å². The lowest BCUT2D eigenvalue weighted by Gasteiger charge is -2.25. The van der Waals surface area contributed by atoms with Crippen LogP contribution in [0.1, 0.15) is 20.8 Å². The summed E-state index contributed by atoms with van der Waals surface area (Å²) in [7, 11) is 0.975. The highest BCUT2D eigenvalue weighted by atomic mass is 32.2. The normalized spacial score (nSPS) is 18.1. The van der Waals surface area contributed by atoms with Crippen LogP contribution in [0.25, 0.3) is 0 Å². The molecule has 0 aromatic rings. The molecule has 0 aliphatic carbocycles. The van der Waals surface area contributed by atoms with Crippen LogP contribution in [0.4, 0.5) is 0 Å². The molecule has 0 aromatic carbocycles. The zero-order valence-electron chi connectivity index (χ0n) is 9.87. The van der Waals surface area contributed by atoms with Crippen LogP contribution in [0.15, 0.2) is 0 Å². The lowest BCUT2D eigenvalue weighted by atomic mass is 10.0. The van der Waals surface area contributed by atoms with Crippen LogP contribution < -0.4 is 5.32 Å². The van der Waals surface area contributed by atoms with Crippen molar-refractivity contribution < 1.29 is 8.95 Å². The Hall–Kier alpha value is 0.0700. The van der Waals surface area contributed by atoms with Gasteiger partial charge in [0.2, 0.25) is 0 Å². The van der Waals surface area contributed by atoms with Crippen molar-refractivity contribution in [3.8, 4) is 0 Å². The Morgan fingerprint density at radius 3 is 2.29 bits per heavy atom. The van der Waals surface area contributed by atoms with Crippen LogP contribution >= 0.6 is 0 Å². The summed E-state index contributed by atoms with van der Waals surface area (Å²) in [6.07, 6.45) is 1.74. The number of rotatable bonds is 7. The minimum Gasteiger partial charge on any atom is -0.383 e. The fourth-order valence-corrected chi connectivity index (χ4v) is 2.18. The molecular weight excluding hydrogens is 198 g/mol. The van der Waals surface area contributed by atoms with Gasteiger partial charge in [-0.2, -0.15) is 0 Å². The van der Waals surface area contributed by atoms with E-state index in [1.54, 1.807) is 13.4 Å². The van der Waals surface area contributed by atoms with Crippen LogP contribution in [0.2, 0.25) is 0 Å². The molecule has 86 valence electrons. The Bertz CT molecular complexity index is 174. The molecule has 1 N–H and O–H groups in total. The van der Waals surface area contributed by atoms with Gasteiger partial charge >= 0.3 is 0 Å². The van der Waals surface area contributed by atoms with E-state index >= 15 is 0 Å². The van der Waals surface area contributed by atoms with Gasteiger partial charge in [-0.05, 0) is 12.8 Å². The smallest absolute Gasteiger partial charge is 0.0618 e. The third-order valence-electron chi connectivity index (χ3n) is 2.13. The summed E-state index contributed by atoms with van der Waals surface area (Å²) in [6, 6.07) is 0.627. The molecule has 0 saturated carbocycles. The zero-order chi connectivity index (χ0) is 11.1. The second-order valence-corrected chi connectivity index (χ2v) is 5.59. The number of ether oxygens (including phenoxy) is 1. The molecule has 0 aliphatic rings. The van der Waals surface area contributed by atoms with Gasteiger partial charge < -0.3 is 10.1 Å². The summed E-state index contributed by atoms with van der Waals surface area (Å²) >= 11 is 0.